The number of nitrogens with one attached hydrogen (secondary N) is 1. The molecule has 0 atom stereocenters. The van der Waals surface area contributed by atoms with Gasteiger partial charge in [-0.05, 0) is 19.1 Å². The van der Waals surface area contributed by atoms with E-state index in [9.17, 15) is 0 Å². The third-order valence-electron chi connectivity index (χ3n) is 3.64. The van der Waals surface area contributed by atoms with Gasteiger partial charge in [0.1, 0.15) is 11.5 Å². The first kappa shape index (κ1) is 12.8. The van der Waals surface area contributed by atoms with Crippen LogP contribution in [0.25, 0.3) is 27.8 Å². The van der Waals surface area contributed by atoms with E-state index in [1.807, 2.05) is 54.6 Å². The lowest BCUT2D eigenvalue weighted by Crippen LogP contribution is -2.03. The van der Waals surface area contributed by atoms with E-state index < -0.39 is 0 Å². The first-order valence-corrected chi connectivity index (χ1v) is 7.32. The number of aromatic nitrogens is 4. The van der Waals surface area contributed by atoms with Crippen molar-refractivity contribution in [3.63, 3.8) is 0 Å². The van der Waals surface area contributed by atoms with Crippen molar-refractivity contribution in [3.8, 4) is 11.3 Å². The van der Waals surface area contributed by atoms with E-state index >= 15 is 0 Å². The highest BCUT2D eigenvalue weighted by molar-refractivity contribution is 5.93. The molecule has 2 aromatic heterocycles. The fraction of sp³-hybridized carbons (Fsp3) is 0.118. The fourth-order valence-electron chi connectivity index (χ4n) is 2.65. The van der Waals surface area contributed by atoms with Gasteiger partial charge in [-0.15, -0.1) is 5.10 Å². The second-order valence-electron chi connectivity index (χ2n) is 5.05. The van der Waals surface area contributed by atoms with Crippen molar-refractivity contribution in [2.75, 3.05) is 11.9 Å². The summed E-state index contributed by atoms with van der Waals surface area (Å²) >= 11 is 0. The zero-order valence-corrected chi connectivity index (χ0v) is 12.2. The zero-order valence-electron chi connectivity index (χ0n) is 12.2. The molecule has 0 saturated heterocycles. The molecule has 4 rings (SSSR count). The van der Waals surface area contributed by atoms with E-state index in [2.05, 4.69) is 22.6 Å². The number of anilines is 1. The molecule has 1 N–H and O–H groups in total. The highest BCUT2D eigenvalue weighted by atomic mass is 15.4. The Balaban J connectivity index is 2.07. The van der Waals surface area contributed by atoms with Crippen molar-refractivity contribution < 1.29 is 0 Å². The fourth-order valence-corrected chi connectivity index (χ4v) is 2.65. The highest BCUT2D eigenvalue weighted by Crippen LogP contribution is 2.27. The number of benzene rings is 2. The summed E-state index contributed by atoms with van der Waals surface area (Å²) < 4.78 is 1.80. The van der Waals surface area contributed by atoms with Crippen molar-refractivity contribution >= 4 is 22.4 Å². The Bertz CT molecular complexity index is 943. The number of rotatable bonds is 3. The molecule has 0 unspecified atom stereocenters. The summed E-state index contributed by atoms with van der Waals surface area (Å²) in [5.41, 5.74) is 3.58. The Morgan fingerprint density at radius 1 is 1.00 bits per heavy atom. The topological polar surface area (TPSA) is 55.1 Å². The summed E-state index contributed by atoms with van der Waals surface area (Å²) in [7, 11) is 0. The van der Waals surface area contributed by atoms with Crippen molar-refractivity contribution in [3.05, 3.63) is 54.6 Å². The maximum absolute atomic E-state index is 4.76. The Labute approximate surface area is 127 Å². The van der Waals surface area contributed by atoms with Gasteiger partial charge in [-0.3, -0.25) is 0 Å². The molecule has 0 aliphatic heterocycles. The monoisotopic (exact) mass is 289 g/mol. The molecule has 4 aromatic rings. The third-order valence-corrected chi connectivity index (χ3v) is 3.64. The van der Waals surface area contributed by atoms with Crippen molar-refractivity contribution in [2.24, 2.45) is 0 Å². The van der Waals surface area contributed by atoms with Gasteiger partial charge in [-0.1, -0.05) is 47.7 Å². The Morgan fingerprint density at radius 3 is 2.59 bits per heavy atom. The smallest absolute Gasteiger partial charge is 0.186 e. The van der Waals surface area contributed by atoms with E-state index in [4.69, 9.17) is 4.98 Å². The van der Waals surface area contributed by atoms with Crippen LogP contribution < -0.4 is 5.32 Å². The Morgan fingerprint density at radius 2 is 1.77 bits per heavy atom. The molecule has 22 heavy (non-hydrogen) atoms. The average molecular weight is 289 g/mol. The van der Waals surface area contributed by atoms with Crippen LogP contribution in [0.3, 0.4) is 0 Å². The van der Waals surface area contributed by atoms with Gasteiger partial charge >= 0.3 is 0 Å². The lowest BCUT2D eigenvalue weighted by atomic mass is 10.1. The van der Waals surface area contributed by atoms with Crippen LogP contribution in [-0.4, -0.2) is 26.4 Å². The number of hydrogen-bond donors (Lipinski definition) is 1. The molecule has 0 aliphatic carbocycles. The van der Waals surface area contributed by atoms with Gasteiger partial charge < -0.3 is 5.32 Å². The number of para-hydroxylation sites is 1. The van der Waals surface area contributed by atoms with Gasteiger partial charge in [0.05, 0.1) is 5.52 Å². The average Bonchev–Trinajstić information content (AvgIpc) is 3.00. The number of nitrogens with zero attached hydrogens (tertiary/aromatic N) is 4. The highest BCUT2D eigenvalue weighted by Gasteiger charge is 2.14. The lowest BCUT2D eigenvalue weighted by Gasteiger charge is -2.08. The number of fused-ring (bicyclic) bond motifs is 3. The van der Waals surface area contributed by atoms with E-state index in [1.54, 1.807) is 4.52 Å². The predicted molar refractivity (Wildman–Crippen MR) is 87.9 cm³/mol. The van der Waals surface area contributed by atoms with Gasteiger partial charge in [0.15, 0.2) is 5.65 Å². The second kappa shape index (κ2) is 5.11. The van der Waals surface area contributed by atoms with Gasteiger partial charge in [-0.25, -0.2) is 4.98 Å². The van der Waals surface area contributed by atoms with Gasteiger partial charge in [0, 0.05) is 17.5 Å². The van der Waals surface area contributed by atoms with Crippen molar-refractivity contribution in [2.45, 2.75) is 6.92 Å². The molecular formula is C17H15N5. The van der Waals surface area contributed by atoms with Crippen molar-refractivity contribution in [1.82, 2.24) is 19.8 Å². The van der Waals surface area contributed by atoms with Crippen LogP contribution >= 0.6 is 0 Å². The predicted octanol–water partition coefficient (Wildman–Crippen LogP) is 3.38. The van der Waals surface area contributed by atoms with Crippen LogP contribution in [-0.2, 0) is 0 Å². The summed E-state index contributed by atoms with van der Waals surface area (Å²) in [6, 6.07) is 18.1. The molecule has 0 radical (unpaired) electrons. The van der Waals surface area contributed by atoms with Crippen LogP contribution in [0.15, 0.2) is 54.6 Å². The van der Waals surface area contributed by atoms with Crippen LogP contribution in [0, 0.1) is 0 Å². The van der Waals surface area contributed by atoms with Crippen molar-refractivity contribution in [1.29, 1.82) is 0 Å². The Kier molecular flexibility index (Phi) is 2.96. The largest absolute Gasteiger partial charge is 0.370 e. The Hall–Kier alpha value is -2.95. The third kappa shape index (κ3) is 1.90. The minimum Gasteiger partial charge on any atom is -0.370 e. The summed E-state index contributed by atoms with van der Waals surface area (Å²) in [5, 5.41) is 13.0. The van der Waals surface area contributed by atoms with E-state index in [-0.39, 0.29) is 0 Å². The van der Waals surface area contributed by atoms with Crippen LogP contribution in [0.1, 0.15) is 6.92 Å². The molecule has 0 aliphatic rings. The molecule has 0 fully saturated rings. The molecule has 2 heterocycles. The summed E-state index contributed by atoms with van der Waals surface area (Å²) in [4.78, 5) is 4.76. The molecule has 5 nitrogen and oxygen atoms in total. The summed E-state index contributed by atoms with van der Waals surface area (Å²) in [6.45, 7) is 2.88. The van der Waals surface area contributed by atoms with E-state index in [1.165, 1.54) is 0 Å². The molecule has 0 amide bonds. The van der Waals surface area contributed by atoms with Gasteiger partial charge in [0.25, 0.3) is 0 Å². The van der Waals surface area contributed by atoms with E-state index in [0.29, 0.717) is 0 Å². The molecular weight excluding hydrogens is 274 g/mol. The molecule has 5 heteroatoms. The maximum Gasteiger partial charge on any atom is 0.186 e. The number of hydrogen-bond acceptors (Lipinski definition) is 4. The van der Waals surface area contributed by atoms with Crippen LogP contribution in [0.5, 0.6) is 0 Å². The first-order valence-electron chi connectivity index (χ1n) is 7.32. The second-order valence-corrected chi connectivity index (χ2v) is 5.05. The molecule has 0 saturated carbocycles. The quantitative estimate of drug-likeness (QED) is 0.628. The standard InChI is InChI=1S/C17H15N5/c1-2-18-16-13-10-6-7-11-14(13)22-17(19-16)15(20-21-22)12-8-4-3-5-9-12/h3-11H,2H2,1H3,(H,18,19). The van der Waals surface area contributed by atoms with Gasteiger partial charge in [0.2, 0.25) is 0 Å². The summed E-state index contributed by atoms with van der Waals surface area (Å²) in [6.07, 6.45) is 0. The lowest BCUT2D eigenvalue weighted by molar-refractivity contribution is 0.876. The van der Waals surface area contributed by atoms with Crippen LogP contribution in [0.4, 0.5) is 5.82 Å². The molecule has 108 valence electrons. The van der Waals surface area contributed by atoms with Gasteiger partial charge in [-0.2, -0.15) is 4.52 Å². The summed E-state index contributed by atoms with van der Waals surface area (Å²) in [5.74, 6) is 0.866. The first-order chi connectivity index (χ1) is 10.9. The van der Waals surface area contributed by atoms with E-state index in [0.717, 1.165) is 40.2 Å². The van der Waals surface area contributed by atoms with Crippen LogP contribution in [0.2, 0.25) is 0 Å². The normalized spacial score (nSPS) is 11.1. The molecule has 0 spiro atoms. The SMILES string of the molecule is CCNc1nc2c(-c3ccccc3)nnn2c2ccccc12. The zero-order chi connectivity index (χ0) is 14.9. The minimum absolute atomic E-state index is 0.765. The maximum atomic E-state index is 4.76. The minimum atomic E-state index is 0.765. The molecule has 2 aromatic carbocycles. The molecule has 0 bridgehead atoms.